The van der Waals surface area contributed by atoms with Crippen LogP contribution in [0.2, 0.25) is 0 Å². The van der Waals surface area contributed by atoms with Gasteiger partial charge in [0.25, 0.3) is 15.9 Å². The van der Waals surface area contributed by atoms with E-state index >= 15 is 0 Å². The quantitative estimate of drug-likeness (QED) is 0.401. The highest BCUT2D eigenvalue weighted by Gasteiger charge is 2.21. The van der Waals surface area contributed by atoms with Gasteiger partial charge in [-0.2, -0.15) is 0 Å². The first-order valence-electron chi connectivity index (χ1n) is 12.9. The number of hydrogen-bond acceptors (Lipinski definition) is 8. The van der Waals surface area contributed by atoms with Crippen molar-refractivity contribution in [1.82, 2.24) is 15.0 Å². The van der Waals surface area contributed by atoms with Crippen molar-refractivity contribution in [2.75, 3.05) is 6.54 Å². The average Bonchev–Trinajstić information content (AvgIpc) is 2.88. The first-order valence-corrected chi connectivity index (χ1v) is 14.4. The molecule has 1 saturated carbocycles. The summed E-state index contributed by atoms with van der Waals surface area (Å²) in [5.74, 6) is -0.477. The van der Waals surface area contributed by atoms with E-state index < -0.39 is 22.1 Å². The Hall–Kier alpha value is -3.47. The molecule has 2 N–H and O–H groups in total. The molecule has 206 valence electrons. The molecular weight excluding hydrogens is 510 g/mol. The van der Waals surface area contributed by atoms with Gasteiger partial charge >= 0.3 is 6.16 Å². The van der Waals surface area contributed by atoms with Crippen LogP contribution in [-0.4, -0.2) is 44.0 Å². The average molecular weight is 546 g/mol. The number of aromatic nitrogens is 1. The molecule has 0 saturated heterocycles. The molecule has 0 spiro atoms. The molecule has 10 nitrogen and oxygen atoms in total. The monoisotopic (exact) mass is 545 g/mol. The minimum atomic E-state index is -4.12. The van der Waals surface area contributed by atoms with E-state index in [4.69, 9.17) is 9.47 Å². The van der Waals surface area contributed by atoms with Crippen molar-refractivity contribution in [1.29, 1.82) is 0 Å². The predicted molar refractivity (Wildman–Crippen MR) is 140 cm³/mol. The second-order valence-corrected chi connectivity index (χ2v) is 11.4. The number of ether oxygens (including phenoxy) is 2. The second-order valence-electron chi connectivity index (χ2n) is 9.73. The van der Waals surface area contributed by atoms with Gasteiger partial charge in [-0.25, -0.2) is 22.9 Å². The summed E-state index contributed by atoms with van der Waals surface area (Å²) in [6, 6.07) is 8.68. The molecule has 0 aliphatic heterocycles. The van der Waals surface area contributed by atoms with E-state index in [1.165, 1.54) is 24.3 Å². The lowest BCUT2D eigenvalue weighted by atomic mass is 9.98. The number of carbonyl (C=O) groups is 3. The topological polar surface area (TPSA) is 141 Å². The minimum Gasteiger partial charge on any atom is -0.431 e. The lowest BCUT2D eigenvalue weighted by Gasteiger charge is -2.20. The molecule has 1 aliphatic rings. The van der Waals surface area contributed by atoms with Gasteiger partial charge < -0.3 is 14.8 Å². The number of benzene rings is 1. The molecule has 1 heterocycles. The van der Waals surface area contributed by atoms with Crippen LogP contribution in [0.3, 0.4) is 0 Å². The van der Waals surface area contributed by atoms with Crippen molar-refractivity contribution in [3.8, 4) is 5.88 Å². The van der Waals surface area contributed by atoms with Crippen LogP contribution in [0.15, 0.2) is 47.5 Å². The van der Waals surface area contributed by atoms with Crippen molar-refractivity contribution in [3.63, 3.8) is 0 Å². The third kappa shape index (κ3) is 9.44. The van der Waals surface area contributed by atoms with Gasteiger partial charge in [-0.3, -0.25) is 9.59 Å². The summed E-state index contributed by atoms with van der Waals surface area (Å²) >= 11 is 0. The summed E-state index contributed by atoms with van der Waals surface area (Å²) in [6.07, 6.45) is 6.69. The molecule has 3 rings (SSSR count). The second kappa shape index (κ2) is 13.9. The highest BCUT2D eigenvalue weighted by Crippen LogP contribution is 2.21. The van der Waals surface area contributed by atoms with Crippen LogP contribution in [0.5, 0.6) is 5.88 Å². The van der Waals surface area contributed by atoms with Crippen molar-refractivity contribution in [3.05, 3.63) is 53.7 Å². The van der Waals surface area contributed by atoms with Crippen LogP contribution in [0.1, 0.15) is 74.7 Å². The lowest BCUT2D eigenvalue weighted by molar-refractivity contribution is -0.121. The van der Waals surface area contributed by atoms with Crippen LogP contribution < -0.4 is 14.8 Å². The first-order chi connectivity index (χ1) is 18.1. The van der Waals surface area contributed by atoms with Crippen LogP contribution in [-0.2, 0) is 26.0 Å². The van der Waals surface area contributed by atoms with Gasteiger partial charge in [-0.15, -0.1) is 0 Å². The van der Waals surface area contributed by atoms with Gasteiger partial charge in [0.1, 0.15) is 6.10 Å². The highest BCUT2D eigenvalue weighted by molar-refractivity contribution is 7.90. The number of sulfonamides is 1. The Bertz CT molecular complexity index is 1190. The Morgan fingerprint density at radius 3 is 2.37 bits per heavy atom. The van der Waals surface area contributed by atoms with E-state index in [1.807, 2.05) is 4.72 Å². The Labute approximate surface area is 223 Å². The van der Waals surface area contributed by atoms with E-state index in [-0.39, 0.29) is 28.4 Å². The SMILES string of the molecule is CC(C)CCC(=O)NCCc1ccc(S(=O)(=O)NC(=O)c2ccc(OC(=O)OC3CCCCC3)nc2)cc1. The van der Waals surface area contributed by atoms with Crippen molar-refractivity contribution >= 4 is 28.0 Å². The number of nitrogens with one attached hydrogen (secondary N) is 2. The fourth-order valence-corrected chi connectivity index (χ4v) is 4.91. The summed E-state index contributed by atoms with van der Waals surface area (Å²) in [5, 5.41) is 2.85. The van der Waals surface area contributed by atoms with Crippen LogP contribution in [0.4, 0.5) is 4.79 Å². The zero-order valence-corrected chi connectivity index (χ0v) is 22.6. The van der Waals surface area contributed by atoms with Crippen LogP contribution in [0.25, 0.3) is 0 Å². The molecule has 0 atom stereocenters. The fourth-order valence-electron chi connectivity index (χ4n) is 3.93. The fraction of sp³-hybridized carbons (Fsp3) is 0.481. The van der Waals surface area contributed by atoms with Gasteiger partial charge in [-0.05, 0) is 68.2 Å². The summed E-state index contributed by atoms with van der Waals surface area (Å²) < 4.78 is 37.7. The van der Waals surface area contributed by atoms with Crippen molar-refractivity contribution in [2.24, 2.45) is 5.92 Å². The summed E-state index contributed by atoms with van der Waals surface area (Å²) in [7, 11) is -4.12. The van der Waals surface area contributed by atoms with E-state index in [9.17, 15) is 22.8 Å². The Morgan fingerprint density at radius 1 is 1.03 bits per heavy atom. The smallest absolute Gasteiger partial charge is 0.431 e. The molecule has 38 heavy (non-hydrogen) atoms. The normalized spacial score (nSPS) is 14.1. The maximum absolute atomic E-state index is 12.7. The van der Waals surface area contributed by atoms with E-state index in [0.717, 1.165) is 50.3 Å². The summed E-state index contributed by atoms with van der Waals surface area (Å²) in [6.45, 7) is 4.57. The van der Waals surface area contributed by atoms with E-state index in [1.54, 1.807) is 12.1 Å². The van der Waals surface area contributed by atoms with Crippen LogP contribution >= 0.6 is 0 Å². The van der Waals surface area contributed by atoms with Crippen LogP contribution in [0, 0.1) is 5.92 Å². The maximum atomic E-state index is 12.7. The number of carbonyl (C=O) groups excluding carboxylic acids is 3. The molecular formula is C27H35N3O7S. The molecule has 11 heteroatoms. The molecule has 0 radical (unpaired) electrons. The number of pyridine rings is 1. The summed E-state index contributed by atoms with van der Waals surface area (Å²) in [4.78, 5) is 40.1. The van der Waals surface area contributed by atoms with Crippen molar-refractivity contribution < 1.29 is 32.3 Å². The van der Waals surface area contributed by atoms with Gasteiger partial charge in [0.05, 0.1) is 10.5 Å². The maximum Gasteiger partial charge on any atom is 0.515 e. The highest BCUT2D eigenvalue weighted by atomic mass is 32.2. The molecule has 1 aromatic heterocycles. The first kappa shape index (κ1) is 29.1. The molecule has 2 aromatic rings. The Morgan fingerprint density at radius 2 is 1.74 bits per heavy atom. The summed E-state index contributed by atoms with van der Waals surface area (Å²) in [5.41, 5.74) is 0.827. The Balaban J connectivity index is 1.47. The predicted octanol–water partition coefficient (Wildman–Crippen LogP) is 4.14. The molecule has 1 fully saturated rings. The zero-order valence-electron chi connectivity index (χ0n) is 21.8. The Kier molecular flexibility index (Phi) is 10.6. The van der Waals surface area contributed by atoms with E-state index in [0.29, 0.717) is 25.3 Å². The zero-order chi connectivity index (χ0) is 27.5. The molecule has 0 bridgehead atoms. The largest absolute Gasteiger partial charge is 0.515 e. The molecule has 2 amide bonds. The molecule has 1 aromatic carbocycles. The minimum absolute atomic E-state index is 0.00549. The van der Waals surface area contributed by atoms with Gasteiger partial charge in [0.15, 0.2) is 0 Å². The standard InChI is InChI=1S/C27H35N3O7S/c1-19(2)8-14-24(31)28-17-16-20-9-12-23(13-10-20)38(34,35)30-26(32)21-11-15-25(29-18-21)37-27(33)36-22-6-4-3-5-7-22/h9-13,15,18-19,22H,3-8,14,16-17H2,1-2H3,(H,28,31)(H,30,32). The number of amides is 2. The van der Waals surface area contributed by atoms with Crippen molar-refractivity contribution in [2.45, 2.75) is 76.2 Å². The number of hydrogen-bond donors (Lipinski definition) is 2. The van der Waals surface area contributed by atoms with Gasteiger partial charge in [0.2, 0.25) is 11.8 Å². The van der Waals surface area contributed by atoms with E-state index in [2.05, 4.69) is 24.1 Å². The third-order valence-electron chi connectivity index (χ3n) is 6.15. The van der Waals surface area contributed by atoms with Gasteiger partial charge in [-0.1, -0.05) is 32.4 Å². The third-order valence-corrected chi connectivity index (χ3v) is 7.49. The molecule has 1 aliphatic carbocycles. The van der Waals surface area contributed by atoms with Gasteiger partial charge in [0, 0.05) is 25.2 Å². The number of rotatable bonds is 11. The number of nitrogens with zero attached hydrogens (tertiary/aromatic N) is 1. The molecule has 0 unspecified atom stereocenters. The lowest BCUT2D eigenvalue weighted by Crippen LogP contribution is -2.30.